The van der Waals surface area contributed by atoms with E-state index in [1.807, 2.05) is 0 Å². The third kappa shape index (κ3) is 5.20. The van der Waals surface area contributed by atoms with E-state index >= 15 is 0 Å². The van der Waals surface area contributed by atoms with E-state index in [1.165, 1.54) is 34.5 Å². The number of halogens is 1. The fraction of sp³-hybridized carbons (Fsp3) is 0.350. The van der Waals surface area contributed by atoms with Crippen molar-refractivity contribution in [2.24, 2.45) is 0 Å². The van der Waals surface area contributed by atoms with Crippen LogP contribution < -0.4 is 4.74 Å². The van der Waals surface area contributed by atoms with Gasteiger partial charge < -0.3 is 9.64 Å². The Bertz CT molecular complexity index is 1210. The number of methoxy groups -OCH3 is 1. The monoisotopic (exact) mass is 527 g/mol. The molecule has 0 aromatic heterocycles. The molecule has 1 aliphatic heterocycles. The zero-order chi connectivity index (χ0) is 22.8. The van der Waals surface area contributed by atoms with Crippen LogP contribution >= 0.6 is 15.9 Å². The van der Waals surface area contributed by atoms with Crippen molar-refractivity contribution < 1.29 is 21.6 Å². The summed E-state index contributed by atoms with van der Waals surface area (Å²) >= 11 is 3.32. The normalized spacial score (nSPS) is 17.0. The summed E-state index contributed by atoms with van der Waals surface area (Å²) in [5, 5.41) is 9.23. The van der Waals surface area contributed by atoms with Gasteiger partial charge in [-0.15, -0.1) is 0 Å². The van der Waals surface area contributed by atoms with Crippen molar-refractivity contribution in [1.29, 1.82) is 5.26 Å². The Kier molecular flexibility index (Phi) is 6.95. The lowest BCUT2D eigenvalue weighted by molar-refractivity contribution is 0.311. The SMILES string of the molecule is COc1ccc(Br)cc1S(=O)(=O)N(Cc1ccc(S(C)(=O)=O)cc1)[C@@H]1CCN(C#N)C1. The van der Waals surface area contributed by atoms with Gasteiger partial charge in [-0.05, 0) is 42.3 Å². The van der Waals surface area contributed by atoms with E-state index in [2.05, 4.69) is 22.1 Å². The maximum Gasteiger partial charge on any atom is 0.247 e. The predicted molar refractivity (Wildman–Crippen MR) is 119 cm³/mol. The van der Waals surface area contributed by atoms with Crippen molar-refractivity contribution in [1.82, 2.24) is 9.21 Å². The van der Waals surface area contributed by atoms with Crippen LogP contribution in [-0.4, -0.2) is 58.5 Å². The van der Waals surface area contributed by atoms with E-state index in [0.29, 0.717) is 23.0 Å². The Morgan fingerprint density at radius 3 is 2.42 bits per heavy atom. The number of likely N-dealkylation sites (tertiary alicyclic amines) is 1. The standard InChI is InChI=1S/C20H22BrN3O5S2/c1-29-19-8-5-16(21)11-20(19)31(27,28)24(17-9-10-23(13-17)14-22)12-15-3-6-18(7-4-15)30(2,25)26/h3-8,11,17H,9-10,12-13H2,1-2H3/t17-/m1/s1. The second-order valence-corrected chi connectivity index (χ2v) is 12.0. The molecule has 2 aromatic rings. The van der Waals surface area contributed by atoms with Gasteiger partial charge in [0.15, 0.2) is 16.0 Å². The molecule has 0 saturated carbocycles. The number of nitriles is 1. The molecule has 1 atom stereocenters. The van der Waals surface area contributed by atoms with E-state index in [4.69, 9.17) is 4.74 Å². The van der Waals surface area contributed by atoms with Gasteiger partial charge in [-0.2, -0.15) is 9.57 Å². The first-order valence-electron chi connectivity index (χ1n) is 9.35. The smallest absolute Gasteiger partial charge is 0.247 e. The molecule has 0 radical (unpaired) electrons. The zero-order valence-corrected chi connectivity index (χ0v) is 20.2. The molecule has 0 N–H and O–H groups in total. The molecule has 31 heavy (non-hydrogen) atoms. The molecule has 0 amide bonds. The highest BCUT2D eigenvalue weighted by Gasteiger charge is 2.37. The Hall–Kier alpha value is -2.13. The maximum atomic E-state index is 13.7. The molecule has 1 fully saturated rings. The fourth-order valence-corrected chi connectivity index (χ4v) is 6.44. The molecule has 11 heteroatoms. The molecule has 1 aliphatic rings. The van der Waals surface area contributed by atoms with Gasteiger partial charge in [-0.1, -0.05) is 28.1 Å². The molecular weight excluding hydrogens is 506 g/mol. The Labute approximate surface area is 191 Å². The van der Waals surface area contributed by atoms with Crippen molar-refractivity contribution >= 4 is 35.8 Å². The van der Waals surface area contributed by atoms with E-state index in [0.717, 1.165) is 6.26 Å². The molecule has 166 valence electrons. The molecule has 8 nitrogen and oxygen atoms in total. The summed E-state index contributed by atoms with van der Waals surface area (Å²) in [5.74, 6) is 0.218. The van der Waals surface area contributed by atoms with Crippen LogP contribution in [0.2, 0.25) is 0 Å². The van der Waals surface area contributed by atoms with Crippen molar-refractivity contribution in [2.75, 3.05) is 26.5 Å². The quantitative estimate of drug-likeness (QED) is 0.509. The highest BCUT2D eigenvalue weighted by Crippen LogP contribution is 2.33. The van der Waals surface area contributed by atoms with Gasteiger partial charge >= 0.3 is 0 Å². The molecule has 0 aliphatic carbocycles. The van der Waals surface area contributed by atoms with Crippen LogP contribution in [0.5, 0.6) is 5.75 Å². The molecule has 1 saturated heterocycles. The lowest BCUT2D eigenvalue weighted by Gasteiger charge is -2.28. The van der Waals surface area contributed by atoms with E-state index < -0.39 is 25.9 Å². The average molecular weight is 528 g/mol. The highest BCUT2D eigenvalue weighted by atomic mass is 79.9. The minimum Gasteiger partial charge on any atom is -0.495 e. The lowest BCUT2D eigenvalue weighted by atomic mass is 10.2. The summed E-state index contributed by atoms with van der Waals surface area (Å²) < 4.78 is 58.1. The van der Waals surface area contributed by atoms with Crippen molar-refractivity contribution in [3.63, 3.8) is 0 Å². The van der Waals surface area contributed by atoms with Gasteiger partial charge in [0.1, 0.15) is 10.6 Å². The van der Waals surface area contributed by atoms with Crippen LogP contribution in [-0.2, 0) is 26.4 Å². The molecule has 0 spiro atoms. The second kappa shape index (κ2) is 9.16. The van der Waals surface area contributed by atoms with E-state index in [1.54, 1.807) is 24.3 Å². The second-order valence-electron chi connectivity index (χ2n) is 7.25. The maximum absolute atomic E-state index is 13.7. The van der Waals surface area contributed by atoms with Gasteiger partial charge in [-0.3, -0.25) is 0 Å². The summed E-state index contributed by atoms with van der Waals surface area (Å²) in [6.07, 6.45) is 3.70. The number of ether oxygens (including phenoxy) is 1. The van der Waals surface area contributed by atoms with Gasteiger partial charge in [0.2, 0.25) is 10.0 Å². The van der Waals surface area contributed by atoms with Gasteiger partial charge in [0.05, 0.1) is 12.0 Å². The summed E-state index contributed by atoms with van der Waals surface area (Å²) in [4.78, 5) is 1.71. The third-order valence-electron chi connectivity index (χ3n) is 5.11. The van der Waals surface area contributed by atoms with Crippen LogP contribution in [0.4, 0.5) is 0 Å². The minimum absolute atomic E-state index is 0.0209. The third-order valence-corrected chi connectivity index (χ3v) is 8.66. The number of nitrogens with zero attached hydrogens (tertiary/aromatic N) is 3. The summed E-state index contributed by atoms with van der Waals surface area (Å²) in [5.41, 5.74) is 0.639. The summed E-state index contributed by atoms with van der Waals surface area (Å²) in [6.45, 7) is 0.787. The van der Waals surface area contributed by atoms with Gasteiger partial charge in [0, 0.05) is 36.4 Å². The molecule has 0 bridgehead atoms. The number of benzene rings is 2. The van der Waals surface area contributed by atoms with Gasteiger partial charge in [0.25, 0.3) is 0 Å². The van der Waals surface area contributed by atoms with E-state index in [9.17, 15) is 22.1 Å². The number of rotatable bonds is 7. The number of sulfone groups is 1. The van der Waals surface area contributed by atoms with Crippen molar-refractivity contribution in [3.05, 3.63) is 52.5 Å². The number of sulfonamides is 1. The minimum atomic E-state index is -3.99. The van der Waals surface area contributed by atoms with Crippen molar-refractivity contribution in [2.45, 2.75) is 28.8 Å². The van der Waals surface area contributed by atoms with Gasteiger partial charge in [-0.25, -0.2) is 16.8 Å². The molecule has 1 heterocycles. The fourth-order valence-electron chi connectivity index (χ4n) is 3.48. The first kappa shape index (κ1) is 23.5. The Morgan fingerprint density at radius 1 is 1.19 bits per heavy atom. The molecule has 0 unspecified atom stereocenters. The Morgan fingerprint density at radius 2 is 1.87 bits per heavy atom. The van der Waals surface area contributed by atoms with Crippen molar-refractivity contribution in [3.8, 4) is 11.9 Å². The first-order chi connectivity index (χ1) is 14.6. The summed E-state index contributed by atoms with van der Waals surface area (Å²) in [7, 11) is -5.94. The molecular formula is C20H22BrN3O5S2. The zero-order valence-electron chi connectivity index (χ0n) is 17.0. The lowest BCUT2D eigenvalue weighted by Crippen LogP contribution is -2.41. The average Bonchev–Trinajstić information content (AvgIpc) is 3.20. The summed E-state index contributed by atoms with van der Waals surface area (Å²) in [6, 6.07) is 10.5. The first-order valence-corrected chi connectivity index (χ1v) is 13.5. The van der Waals surface area contributed by atoms with Crippen LogP contribution in [0.1, 0.15) is 12.0 Å². The van der Waals surface area contributed by atoms with E-state index in [-0.39, 0.29) is 28.6 Å². The Balaban J connectivity index is 2.03. The topological polar surface area (TPSA) is 108 Å². The highest BCUT2D eigenvalue weighted by molar-refractivity contribution is 9.10. The van der Waals surface area contributed by atoms with Crippen LogP contribution in [0.15, 0.2) is 56.7 Å². The van der Waals surface area contributed by atoms with Crippen LogP contribution in [0, 0.1) is 11.5 Å². The molecule has 2 aromatic carbocycles. The largest absolute Gasteiger partial charge is 0.495 e. The number of hydrogen-bond acceptors (Lipinski definition) is 7. The number of hydrogen-bond donors (Lipinski definition) is 0. The van der Waals surface area contributed by atoms with Crippen LogP contribution in [0.25, 0.3) is 0 Å². The molecule has 3 rings (SSSR count). The predicted octanol–water partition coefficient (Wildman–Crippen LogP) is 2.61. The van der Waals surface area contributed by atoms with Crippen LogP contribution in [0.3, 0.4) is 0 Å².